The monoisotopic (exact) mass is 395 g/mol. The van der Waals surface area contributed by atoms with E-state index in [1.807, 2.05) is 24.3 Å². The molecule has 2 aliphatic rings. The highest BCUT2D eigenvalue weighted by Crippen LogP contribution is 2.27. The van der Waals surface area contributed by atoms with Crippen LogP contribution in [0.4, 0.5) is 0 Å². The molecular formula is C22H25N3O4. The summed E-state index contributed by atoms with van der Waals surface area (Å²) in [6, 6.07) is 10.9. The summed E-state index contributed by atoms with van der Waals surface area (Å²) < 4.78 is 5.75. The SMILES string of the molecule is O=C(NC1CCC(C(=O)NC2COc3ccccc3C2)CC1)c1ncccc1O. The molecule has 7 heteroatoms. The van der Waals surface area contributed by atoms with Crippen molar-refractivity contribution in [3.05, 3.63) is 53.9 Å². The summed E-state index contributed by atoms with van der Waals surface area (Å²) in [5.41, 5.74) is 1.15. The number of aromatic nitrogens is 1. The molecule has 1 atom stereocenters. The van der Waals surface area contributed by atoms with Crippen LogP contribution >= 0.6 is 0 Å². The Morgan fingerprint density at radius 1 is 1.00 bits per heavy atom. The molecule has 1 aromatic carbocycles. The molecule has 2 aromatic rings. The van der Waals surface area contributed by atoms with Crippen molar-refractivity contribution in [2.75, 3.05) is 6.61 Å². The topological polar surface area (TPSA) is 101 Å². The number of rotatable bonds is 4. The minimum atomic E-state index is -0.381. The molecule has 2 amide bonds. The molecule has 1 saturated carbocycles. The normalized spacial score (nSPS) is 23.4. The molecule has 1 aliphatic carbocycles. The molecule has 0 saturated heterocycles. The second-order valence-corrected chi connectivity index (χ2v) is 7.72. The van der Waals surface area contributed by atoms with Gasteiger partial charge in [-0.05, 0) is 55.9 Å². The van der Waals surface area contributed by atoms with Gasteiger partial charge in [0.1, 0.15) is 18.1 Å². The van der Waals surface area contributed by atoms with E-state index in [9.17, 15) is 14.7 Å². The Labute approximate surface area is 169 Å². The average Bonchev–Trinajstić information content (AvgIpc) is 2.74. The van der Waals surface area contributed by atoms with Crippen LogP contribution in [-0.2, 0) is 11.2 Å². The van der Waals surface area contributed by atoms with Crippen LogP contribution in [0.2, 0.25) is 0 Å². The molecule has 0 radical (unpaired) electrons. The van der Waals surface area contributed by atoms with Crippen molar-refractivity contribution in [3.8, 4) is 11.5 Å². The molecule has 4 rings (SSSR count). The van der Waals surface area contributed by atoms with Gasteiger partial charge in [0.2, 0.25) is 5.91 Å². The van der Waals surface area contributed by atoms with Gasteiger partial charge in [-0.2, -0.15) is 0 Å². The lowest BCUT2D eigenvalue weighted by molar-refractivity contribution is -0.127. The van der Waals surface area contributed by atoms with Crippen LogP contribution < -0.4 is 15.4 Å². The fourth-order valence-electron chi connectivity index (χ4n) is 4.07. The number of para-hydroxylation sites is 1. The summed E-state index contributed by atoms with van der Waals surface area (Å²) >= 11 is 0. The van der Waals surface area contributed by atoms with Gasteiger partial charge in [-0.15, -0.1) is 0 Å². The van der Waals surface area contributed by atoms with Gasteiger partial charge in [0.15, 0.2) is 5.69 Å². The van der Waals surface area contributed by atoms with E-state index in [4.69, 9.17) is 4.74 Å². The third kappa shape index (κ3) is 4.50. The van der Waals surface area contributed by atoms with Gasteiger partial charge in [0.05, 0.1) is 6.04 Å². The lowest BCUT2D eigenvalue weighted by Gasteiger charge is -2.31. The Balaban J connectivity index is 1.25. The number of hydrogen-bond donors (Lipinski definition) is 3. The van der Waals surface area contributed by atoms with E-state index in [0.29, 0.717) is 6.61 Å². The molecule has 29 heavy (non-hydrogen) atoms. The van der Waals surface area contributed by atoms with Crippen molar-refractivity contribution >= 4 is 11.8 Å². The standard InChI is InChI=1S/C22H25N3O4/c26-18-5-3-11-23-20(18)22(28)24-16-9-7-14(8-10-16)21(27)25-17-12-15-4-1-2-6-19(15)29-13-17/h1-6,11,14,16-17,26H,7-10,12-13H2,(H,24,28)(H,25,27). The van der Waals surface area contributed by atoms with E-state index in [-0.39, 0.29) is 41.3 Å². The maximum absolute atomic E-state index is 12.7. The van der Waals surface area contributed by atoms with Crippen molar-refractivity contribution in [1.29, 1.82) is 0 Å². The molecule has 152 valence electrons. The van der Waals surface area contributed by atoms with Gasteiger partial charge in [-0.3, -0.25) is 9.59 Å². The predicted octanol–water partition coefficient (Wildman–Crippen LogP) is 2.20. The lowest BCUT2D eigenvalue weighted by Crippen LogP contribution is -2.47. The highest BCUT2D eigenvalue weighted by atomic mass is 16.5. The number of amides is 2. The van der Waals surface area contributed by atoms with Gasteiger partial charge in [0.25, 0.3) is 5.91 Å². The van der Waals surface area contributed by atoms with E-state index in [1.54, 1.807) is 6.07 Å². The second-order valence-electron chi connectivity index (χ2n) is 7.72. The molecule has 2 heterocycles. The fraction of sp³-hybridized carbons (Fsp3) is 0.409. The van der Waals surface area contributed by atoms with Crippen molar-refractivity contribution in [3.63, 3.8) is 0 Å². The number of benzene rings is 1. The Morgan fingerprint density at radius 3 is 2.59 bits per heavy atom. The van der Waals surface area contributed by atoms with Gasteiger partial charge < -0.3 is 20.5 Å². The van der Waals surface area contributed by atoms with Crippen molar-refractivity contribution in [2.24, 2.45) is 5.92 Å². The zero-order valence-corrected chi connectivity index (χ0v) is 16.1. The van der Waals surface area contributed by atoms with E-state index >= 15 is 0 Å². The van der Waals surface area contributed by atoms with Gasteiger partial charge in [0, 0.05) is 18.2 Å². The largest absolute Gasteiger partial charge is 0.505 e. The number of nitrogens with one attached hydrogen (secondary N) is 2. The fourth-order valence-corrected chi connectivity index (χ4v) is 4.07. The summed E-state index contributed by atoms with van der Waals surface area (Å²) in [6.45, 7) is 0.488. The zero-order chi connectivity index (χ0) is 20.2. The zero-order valence-electron chi connectivity index (χ0n) is 16.1. The van der Waals surface area contributed by atoms with Gasteiger partial charge in [-0.1, -0.05) is 18.2 Å². The molecule has 1 aromatic heterocycles. The summed E-state index contributed by atoms with van der Waals surface area (Å²) in [6.07, 6.45) is 5.14. The Kier molecular flexibility index (Phi) is 5.64. The van der Waals surface area contributed by atoms with Crippen molar-refractivity contribution in [2.45, 2.75) is 44.2 Å². The van der Waals surface area contributed by atoms with Crippen LogP contribution in [0.5, 0.6) is 11.5 Å². The summed E-state index contributed by atoms with van der Waals surface area (Å²) in [4.78, 5) is 28.9. The highest BCUT2D eigenvalue weighted by Gasteiger charge is 2.30. The molecule has 1 fully saturated rings. The van der Waals surface area contributed by atoms with Crippen LogP contribution in [0, 0.1) is 5.92 Å². The van der Waals surface area contributed by atoms with Crippen LogP contribution in [0.15, 0.2) is 42.6 Å². The molecule has 1 unspecified atom stereocenters. The smallest absolute Gasteiger partial charge is 0.273 e. The van der Waals surface area contributed by atoms with E-state index in [1.165, 1.54) is 12.3 Å². The number of carbonyl (C=O) groups excluding carboxylic acids is 2. The molecular weight excluding hydrogens is 370 g/mol. The quantitative estimate of drug-likeness (QED) is 0.737. The summed E-state index contributed by atoms with van der Waals surface area (Å²) in [5, 5.41) is 15.8. The van der Waals surface area contributed by atoms with E-state index < -0.39 is 0 Å². The third-order valence-electron chi connectivity index (χ3n) is 5.66. The summed E-state index contributed by atoms with van der Waals surface area (Å²) in [5.74, 6) is 0.394. The van der Waals surface area contributed by atoms with E-state index in [2.05, 4.69) is 15.6 Å². The predicted molar refractivity (Wildman–Crippen MR) is 107 cm³/mol. The number of hydrogen-bond acceptors (Lipinski definition) is 5. The molecule has 0 spiro atoms. The van der Waals surface area contributed by atoms with Gasteiger partial charge in [-0.25, -0.2) is 4.98 Å². The number of fused-ring (bicyclic) bond motifs is 1. The number of ether oxygens (including phenoxy) is 1. The first kappa shape index (κ1) is 19.2. The molecule has 1 aliphatic heterocycles. The van der Waals surface area contributed by atoms with E-state index in [0.717, 1.165) is 43.4 Å². The van der Waals surface area contributed by atoms with Crippen LogP contribution in [0.3, 0.4) is 0 Å². The maximum Gasteiger partial charge on any atom is 0.273 e. The average molecular weight is 395 g/mol. The lowest BCUT2D eigenvalue weighted by atomic mass is 9.85. The van der Waals surface area contributed by atoms with Crippen molar-refractivity contribution < 1.29 is 19.4 Å². The molecule has 0 bridgehead atoms. The number of pyridine rings is 1. The minimum Gasteiger partial charge on any atom is -0.505 e. The minimum absolute atomic E-state index is 0.0121. The Bertz CT molecular complexity index is 893. The second kappa shape index (κ2) is 8.51. The maximum atomic E-state index is 12.7. The highest BCUT2D eigenvalue weighted by molar-refractivity contribution is 5.94. The first-order chi connectivity index (χ1) is 14.1. The Hall–Kier alpha value is -3.09. The number of carbonyl (C=O) groups is 2. The first-order valence-electron chi connectivity index (χ1n) is 10.1. The van der Waals surface area contributed by atoms with Crippen molar-refractivity contribution in [1.82, 2.24) is 15.6 Å². The van der Waals surface area contributed by atoms with Crippen LogP contribution in [0.25, 0.3) is 0 Å². The molecule has 3 N–H and O–H groups in total. The van der Waals surface area contributed by atoms with Crippen LogP contribution in [0.1, 0.15) is 41.7 Å². The summed E-state index contributed by atoms with van der Waals surface area (Å²) in [7, 11) is 0. The third-order valence-corrected chi connectivity index (χ3v) is 5.66. The Morgan fingerprint density at radius 2 is 1.79 bits per heavy atom. The first-order valence-corrected chi connectivity index (χ1v) is 10.1. The molecule has 7 nitrogen and oxygen atoms in total. The number of aromatic hydroxyl groups is 1. The van der Waals surface area contributed by atoms with Crippen LogP contribution in [-0.4, -0.2) is 40.6 Å². The number of nitrogens with zero attached hydrogens (tertiary/aromatic N) is 1. The van der Waals surface area contributed by atoms with Gasteiger partial charge >= 0.3 is 0 Å².